The van der Waals surface area contributed by atoms with Crippen LogP contribution in [0.2, 0.25) is 0 Å². The lowest BCUT2D eigenvalue weighted by molar-refractivity contribution is -0.122. The molecular formula is C19H24N2O4. The van der Waals surface area contributed by atoms with E-state index in [1.54, 1.807) is 13.4 Å². The summed E-state index contributed by atoms with van der Waals surface area (Å²) in [6, 6.07) is 9.57. The highest BCUT2D eigenvalue weighted by Crippen LogP contribution is 2.29. The predicted octanol–water partition coefficient (Wildman–Crippen LogP) is 2.23. The molecule has 1 atom stereocenters. The van der Waals surface area contributed by atoms with Gasteiger partial charge in [0.25, 0.3) is 0 Å². The monoisotopic (exact) mass is 344 g/mol. The summed E-state index contributed by atoms with van der Waals surface area (Å²) in [5.41, 5.74) is 1.06. The molecule has 0 saturated heterocycles. The van der Waals surface area contributed by atoms with Crippen LogP contribution in [0.1, 0.15) is 18.2 Å². The zero-order chi connectivity index (χ0) is 17.6. The van der Waals surface area contributed by atoms with E-state index in [0.29, 0.717) is 32.6 Å². The highest BCUT2D eigenvalue weighted by Gasteiger charge is 2.22. The minimum absolute atomic E-state index is 0.00396. The smallest absolute Gasteiger partial charge is 0.234 e. The van der Waals surface area contributed by atoms with Crippen LogP contribution in [0.15, 0.2) is 41.0 Å². The van der Waals surface area contributed by atoms with E-state index in [1.165, 1.54) is 0 Å². The zero-order valence-electron chi connectivity index (χ0n) is 14.7. The lowest BCUT2D eigenvalue weighted by Gasteiger charge is -2.21. The molecule has 134 valence electrons. The molecule has 0 bridgehead atoms. The van der Waals surface area contributed by atoms with E-state index < -0.39 is 0 Å². The number of carbonyl (C=O) groups is 1. The molecule has 1 aromatic heterocycles. The van der Waals surface area contributed by atoms with Gasteiger partial charge >= 0.3 is 0 Å². The maximum absolute atomic E-state index is 12.2. The Hall–Kier alpha value is -2.47. The number of amides is 1. The van der Waals surface area contributed by atoms with Crippen molar-refractivity contribution in [1.82, 2.24) is 10.2 Å². The number of rotatable bonds is 6. The molecule has 1 aliphatic rings. The highest BCUT2D eigenvalue weighted by atomic mass is 16.5. The van der Waals surface area contributed by atoms with Gasteiger partial charge in [-0.15, -0.1) is 0 Å². The average molecular weight is 344 g/mol. The number of hydrogen-bond donors (Lipinski definition) is 1. The van der Waals surface area contributed by atoms with Crippen LogP contribution in [0.3, 0.4) is 0 Å². The van der Waals surface area contributed by atoms with Crippen molar-refractivity contribution in [2.45, 2.75) is 26.0 Å². The van der Waals surface area contributed by atoms with Gasteiger partial charge in [0, 0.05) is 37.7 Å². The van der Waals surface area contributed by atoms with Crippen LogP contribution in [-0.4, -0.2) is 43.7 Å². The molecule has 25 heavy (non-hydrogen) atoms. The van der Waals surface area contributed by atoms with Crippen LogP contribution in [0.4, 0.5) is 0 Å². The quantitative estimate of drug-likeness (QED) is 0.871. The first kappa shape index (κ1) is 17.4. The molecule has 0 saturated carbocycles. The molecule has 2 heterocycles. The second kappa shape index (κ2) is 8.07. The Kier molecular flexibility index (Phi) is 5.60. The van der Waals surface area contributed by atoms with Gasteiger partial charge in [-0.1, -0.05) is 6.07 Å². The summed E-state index contributed by atoms with van der Waals surface area (Å²) in [7, 11) is 1.64. The average Bonchev–Trinajstić information content (AvgIpc) is 3.04. The molecule has 0 fully saturated rings. The number of ether oxygens (including phenoxy) is 2. The van der Waals surface area contributed by atoms with Crippen molar-refractivity contribution in [2.24, 2.45) is 0 Å². The number of benzene rings is 1. The van der Waals surface area contributed by atoms with E-state index in [-0.39, 0.29) is 12.0 Å². The summed E-state index contributed by atoms with van der Waals surface area (Å²) < 4.78 is 16.5. The molecule has 1 unspecified atom stereocenters. The minimum atomic E-state index is 0.00396. The fourth-order valence-corrected chi connectivity index (χ4v) is 2.98. The Bertz CT molecular complexity index is 699. The molecule has 6 heteroatoms. The van der Waals surface area contributed by atoms with Crippen molar-refractivity contribution in [1.29, 1.82) is 0 Å². The maximum atomic E-state index is 12.2. The first-order valence-electron chi connectivity index (χ1n) is 8.49. The summed E-state index contributed by atoms with van der Waals surface area (Å²) in [5, 5.41) is 2.94. The van der Waals surface area contributed by atoms with E-state index in [1.807, 2.05) is 37.3 Å². The number of nitrogens with zero attached hydrogens (tertiary/aromatic N) is 1. The van der Waals surface area contributed by atoms with Crippen molar-refractivity contribution < 1.29 is 18.7 Å². The minimum Gasteiger partial charge on any atom is -0.497 e. The Balaban J connectivity index is 1.55. The van der Waals surface area contributed by atoms with Gasteiger partial charge in [0.15, 0.2) is 0 Å². The van der Waals surface area contributed by atoms with Crippen molar-refractivity contribution >= 4 is 5.91 Å². The summed E-state index contributed by atoms with van der Waals surface area (Å²) in [6.07, 6.45) is 2.34. The van der Waals surface area contributed by atoms with E-state index in [0.717, 1.165) is 22.8 Å². The first-order chi connectivity index (χ1) is 12.1. The van der Waals surface area contributed by atoms with Crippen molar-refractivity contribution in [2.75, 3.05) is 26.7 Å². The van der Waals surface area contributed by atoms with Crippen molar-refractivity contribution in [3.05, 3.63) is 47.9 Å². The standard InChI is InChI=1S/C19H24N2O4/c1-14-11-21(12-15-5-6-17(23-2)10-18(15)25-14)13-19(22)20-8-7-16-4-3-9-24-16/h3-6,9-10,14H,7-8,11-13H2,1-2H3,(H,20,22). The van der Waals surface area contributed by atoms with Crippen LogP contribution in [0.25, 0.3) is 0 Å². The van der Waals surface area contributed by atoms with Crippen LogP contribution >= 0.6 is 0 Å². The lowest BCUT2D eigenvalue weighted by atomic mass is 10.2. The molecule has 1 aromatic carbocycles. The van der Waals surface area contributed by atoms with Gasteiger partial charge in [0.2, 0.25) is 5.91 Å². The number of hydrogen-bond acceptors (Lipinski definition) is 5. The molecule has 0 radical (unpaired) electrons. The van der Waals surface area contributed by atoms with Gasteiger partial charge in [0.05, 0.1) is 19.9 Å². The van der Waals surface area contributed by atoms with E-state index >= 15 is 0 Å². The molecule has 0 aliphatic carbocycles. The largest absolute Gasteiger partial charge is 0.497 e. The van der Waals surface area contributed by atoms with Crippen molar-refractivity contribution in [3.63, 3.8) is 0 Å². The van der Waals surface area contributed by atoms with Crippen molar-refractivity contribution in [3.8, 4) is 11.5 Å². The normalized spacial score (nSPS) is 17.3. The SMILES string of the molecule is COc1ccc2c(c1)OC(C)CN(CC(=O)NCCc1ccco1)C2. The Labute approximate surface area is 147 Å². The third-order valence-corrected chi connectivity index (χ3v) is 4.15. The van der Waals surface area contributed by atoms with E-state index in [9.17, 15) is 4.79 Å². The summed E-state index contributed by atoms with van der Waals surface area (Å²) in [5.74, 6) is 2.48. The van der Waals surface area contributed by atoms with Gasteiger partial charge in [-0.2, -0.15) is 0 Å². The molecule has 1 N–H and O–H groups in total. The lowest BCUT2D eigenvalue weighted by Crippen LogP contribution is -2.40. The summed E-state index contributed by atoms with van der Waals surface area (Å²) in [6.45, 7) is 4.30. The highest BCUT2D eigenvalue weighted by molar-refractivity contribution is 5.78. The van der Waals surface area contributed by atoms with Gasteiger partial charge in [-0.25, -0.2) is 0 Å². The Morgan fingerprint density at radius 3 is 3.04 bits per heavy atom. The van der Waals surface area contributed by atoms with Gasteiger partial charge in [0.1, 0.15) is 23.4 Å². The fraction of sp³-hybridized carbons (Fsp3) is 0.421. The maximum Gasteiger partial charge on any atom is 0.234 e. The fourth-order valence-electron chi connectivity index (χ4n) is 2.98. The Morgan fingerprint density at radius 1 is 1.40 bits per heavy atom. The molecular weight excluding hydrogens is 320 g/mol. The van der Waals surface area contributed by atoms with Gasteiger partial charge in [-0.3, -0.25) is 9.69 Å². The molecule has 6 nitrogen and oxygen atoms in total. The summed E-state index contributed by atoms with van der Waals surface area (Å²) >= 11 is 0. The van der Waals surface area contributed by atoms with Crippen LogP contribution in [0.5, 0.6) is 11.5 Å². The van der Waals surface area contributed by atoms with Crippen LogP contribution in [-0.2, 0) is 17.8 Å². The third kappa shape index (κ3) is 4.76. The number of fused-ring (bicyclic) bond motifs is 1. The first-order valence-corrected chi connectivity index (χ1v) is 8.49. The second-order valence-electron chi connectivity index (χ2n) is 6.25. The van der Waals surface area contributed by atoms with E-state index in [2.05, 4.69) is 10.2 Å². The molecule has 3 rings (SSSR count). The van der Waals surface area contributed by atoms with Crippen LogP contribution < -0.4 is 14.8 Å². The zero-order valence-corrected chi connectivity index (χ0v) is 14.7. The van der Waals surface area contributed by atoms with Crippen LogP contribution in [0, 0.1) is 0 Å². The third-order valence-electron chi connectivity index (χ3n) is 4.15. The molecule has 2 aromatic rings. The Morgan fingerprint density at radius 2 is 2.28 bits per heavy atom. The predicted molar refractivity (Wildman–Crippen MR) is 93.8 cm³/mol. The molecule has 0 spiro atoms. The molecule has 1 aliphatic heterocycles. The number of furan rings is 1. The number of methoxy groups -OCH3 is 1. The molecule has 1 amide bonds. The van der Waals surface area contributed by atoms with Gasteiger partial charge < -0.3 is 19.2 Å². The van der Waals surface area contributed by atoms with Gasteiger partial charge in [-0.05, 0) is 25.1 Å². The van der Waals surface area contributed by atoms with E-state index in [4.69, 9.17) is 13.9 Å². The topological polar surface area (TPSA) is 63.9 Å². The number of carbonyl (C=O) groups excluding carboxylic acids is 1. The number of nitrogens with one attached hydrogen (secondary N) is 1. The second-order valence-corrected chi connectivity index (χ2v) is 6.25. The summed E-state index contributed by atoms with van der Waals surface area (Å²) in [4.78, 5) is 14.3.